The third-order valence-corrected chi connectivity index (χ3v) is 4.57. The number of rotatable bonds is 5. The number of carbonyl (C=O) groups excluding carboxylic acids is 1. The standard InChI is InChI=1S/C17H26N2O3/c1-12-7-9-19(10-8-12)13(2)17(20)18-14-5-6-15(21-3)16(11-14)22-4/h5-6,11-13H,7-10H2,1-4H3,(H,18,20)/p+1/t13-/m0/s1. The Balaban J connectivity index is 1.99. The molecule has 122 valence electrons. The molecular weight excluding hydrogens is 280 g/mol. The molecule has 0 bridgehead atoms. The zero-order valence-corrected chi connectivity index (χ0v) is 13.9. The molecule has 1 aliphatic rings. The SMILES string of the molecule is COc1ccc(NC(=O)[C@H](C)[NH+]2CCC(C)CC2)cc1OC. The molecule has 2 N–H and O–H groups in total. The lowest BCUT2D eigenvalue weighted by molar-refractivity contribution is -0.919. The number of nitrogens with one attached hydrogen (secondary N) is 2. The first-order valence-corrected chi connectivity index (χ1v) is 7.92. The zero-order chi connectivity index (χ0) is 16.1. The fraction of sp³-hybridized carbons (Fsp3) is 0.588. The molecule has 2 rings (SSSR count). The summed E-state index contributed by atoms with van der Waals surface area (Å²) in [6.07, 6.45) is 2.40. The summed E-state index contributed by atoms with van der Waals surface area (Å²) in [4.78, 5) is 13.8. The van der Waals surface area contributed by atoms with Gasteiger partial charge in [-0.3, -0.25) is 4.79 Å². The van der Waals surface area contributed by atoms with Crippen molar-refractivity contribution in [2.45, 2.75) is 32.7 Å². The van der Waals surface area contributed by atoms with E-state index in [0.29, 0.717) is 11.5 Å². The van der Waals surface area contributed by atoms with Crippen LogP contribution in [0.4, 0.5) is 5.69 Å². The van der Waals surface area contributed by atoms with E-state index >= 15 is 0 Å². The molecule has 0 saturated carbocycles. The molecule has 1 heterocycles. The normalized spacial score (nSPS) is 22.7. The van der Waals surface area contributed by atoms with E-state index in [0.717, 1.165) is 24.7 Å². The van der Waals surface area contributed by atoms with Crippen LogP contribution in [0.2, 0.25) is 0 Å². The van der Waals surface area contributed by atoms with Gasteiger partial charge in [0.1, 0.15) is 0 Å². The van der Waals surface area contributed by atoms with Crippen molar-refractivity contribution < 1.29 is 19.2 Å². The van der Waals surface area contributed by atoms with Gasteiger partial charge in [-0.25, -0.2) is 0 Å². The maximum absolute atomic E-state index is 12.4. The van der Waals surface area contributed by atoms with Crippen LogP contribution in [0.15, 0.2) is 18.2 Å². The highest BCUT2D eigenvalue weighted by atomic mass is 16.5. The van der Waals surface area contributed by atoms with Crippen molar-refractivity contribution in [2.75, 3.05) is 32.6 Å². The number of quaternary nitrogens is 1. The first-order chi connectivity index (χ1) is 10.5. The molecule has 1 aliphatic heterocycles. The van der Waals surface area contributed by atoms with Gasteiger partial charge in [0, 0.05) is 11.8 Å². The van der Waals surface area contributed by atoms with Gasteiger partial charge in [0.15, 0.2) is 17.5 Å². The highest BCUT2D eigenvalue weighted by molar-refractivity contribution is 5.93. The van der Waals surface area contributed by atoms with E-state index in [4.69, 9.17) is 9.47 Å². The molecule has 5 heteroatoms. The van der Waals surface area contributed by atoms with Crippen molar-refractivity contribution in [3.63, 3.8) is 0 Å². The Morgan fingerprint density at radius 2 is 1.86 bits per heavy atom. The van der Waals surface area contributed by atoms with Gasteiger partial charge in [-0.05, 0) is 37.8 Å². The number of anilines is 1. The fourth-order valence-corrected chi connectivity index (χ4v) is 2.92. The predicted molar refractivity (Wildman–Crippen MR) is 86.7 cm³/mol. The van der Waals surface area contributed by atoms with Crippen LogP contribution in [0.5, 0.6) is 11.5 Å². The minimum absolute atomic E-state index is 0.0411. The molecule has 0 aliphatic carbocycles. The number of carbonyl (C=O) groups is 1. The molecular formula is C17H27N2O3+. The topological polar surface area (TPSA) is 52.0 Å². The van der Waals surface area contributed by atoms with Crippen molar-refractivity contribution in [3.05, 3.63) is 18.2 Å². The first kappa shape index (κ1) is 16.6. The molecule has 0 unspecified atom stereocenters. The maximum atomic E-state index is 12.4. The number of piperidine rings is 1. The Morgan fingerprint density at radius 3 is 2.45 bits per heavy atom. The van der Waals surface area contributed by atoms with E-state index in [1.54, 1.807) is 26.4 Å². The lowest BCUT2D eigenvalue weighted by Gasteiger charge is -2.31. The number of ether oxygens (including phenoxy) is 2. The van der Waals surface area contributed by atoms with Crippen LogP contribution in [0.1, 0.15) is 26.7 Å². The number of amides is 1. The van der Waals surface area contributed by atoms with Crippen molar-refractivity contribution in [3.8, 4) is 11.5 Å². The summed E-state index contributed by atoms with van der Waals surface area (Å²) in [5.74, 6) is 2.11. The van der Waals surface area contributed by atoms with Crippen molar-refractivity contribution in [1.29, 1.82) is 0 Å². The van der Waals surface area contributed by atoms with Crippen LogP contribution < -0.4 is 19.7 Å². The van der Waals surface area contributed by atoms with E-state index in [9.17, 15) is 4.79 Å². The van der Waals surface area contributed by atoms with Gasteiger partial charge in [-0.15, -0.1) is 0 Å². The van der Waals surface area contributed by atoms with Gasteiger partial charge < -0.3 is 19.7 Å². The Labute approximate surface area is 132 Å². The van der Waals surface area contributed by atoms with Crippen LogP contribution >= 0.6 is 0 Å². The number of hydrogen-bond acceptors (Lipinski definition) is 3. The third kappa shape index (κ3) is 3.91. The highest BCUT2D eigenvalue weighted by Gasteiger charge is 2.28. The second-order valence-corrected chi connectivity index (χ2v) is 6.12. The molecule has 1 aromatic carbocycles. The van der Waals surface area contributed by atoms with Gasteiger partial charge in [0.25, 0.3) is 5.91 Å². The number of likely N-dealkylation sites (tertiary alicyclic amines) is 1. The number of hydrogen-bond donors (Lipinski definition) is 2. The van der Waals surface area contributed by atoms with Crippen LogP contribution in [-0.4, -0.2) is 39.3 Å². The summed E-state index contributed by atoms with van der Waals surface area (Å²) < 4.78 is 10.5. The Hall–Kier alpha value is -1.75. The van der Waals surface area contributed by atoms with E-state index in [2.05, 4.69) is 12.2 Å². The minimum atomic E-state index is -0.0411. The molecule has 1 saturated heterocycles. The molecule has 22 heavy (non-hydrogen) atoms. The molecule has 0 radical (unpaired) electrons. The van der Waals surface area contributed by atoms with E-state index in [-0.39, 0.29) is 11.9 Å². The van der Waals surface area contributed by atoms with Crippen LogP contribution in [0, 0.1) is 5.92 Å². The first-order valence-electron chi connectivity index (χ1n) is 7.92. The van der Waals surface area contributed by atoms with E-state index in [1.165, 1.54) is 17.7 Å². The smallest absolute Gasteiger partial charge is 0.282 e. The summed E-state index contributed by atoms with van der Waals surface area (Å²) in [6.45, 7) is 6.43. The second kappa shape index (κ2) is 7.49. The monoisotopic (exact) mass is 307 g/mol. The average Bonchev–Trinajstić information content (AvgIpc) is 2.54. The number of benzene rings is 1. The van der Waals surface area contributed by atoms with E-state index < -0.39 is 0 Å². The summed E-state index contributed by atoms with van der Waals surface area (Å²) in [5.41, 5.74) is 0.735. The maximum Gasteiger partial charge on any atom is 0.282 e. The van der Waals surface area contributed by atoms with Crippen molar-refractivity contribution in [1.82, 2.24) is 0 Å². The summed E-state index contributed by atoms with van der Waals surface area (Å²) in [7, 11) is 3.18. The third-order valence-electron chi connectivity index (χ3n) is 4.57. The van der Waals surface area contributed by atoms with Gasteiger partial charge in [-0.1, -0.05) is 6.92 Å². The van der Waals surface area contributed by atoms with Crippen LogP contribution in [0.25, 0.3) is 0 Å². The Kier molecular flexibility index (Phi) is 5.66. The average molecular weight is 307 g/mol. The molecule has 5 nitrogen and oxygen atoms in total. The number of methoxy groups -OCH3 is 2. The van der Waals surface area contributed by atoms with Gasteiger partial charge in [0.2, 0.25) is 0 Å². The van der Waals surface area contributed by atoms with Gasteiger partial charge in [-0.2, -0.15) is 0 Å². The molecule has 0 aromatic heterocycles. The second-order valence-electron chi connectivity index (χ2n) is 6.12. The fourth-order valence-electron chi connectivity index (χ4n) is 2.92. The quantitative estimate of drug-likeness (QED) is 0.863. The van der Waals surface area contributed by atoms with Gasteiger partial charge >= 0.3 is 0 Å². The molecule has 1 aromatic rings. The molecule has 1 atom stereocenters. The largest absolute Gasteiger partial charge is 0.493 e. The van der Waals surface area contributed by atoms with E-state index in [1.807, 2.05) is 13.0 Å². The van der Waals surface area contributed by atoms with Crippen molar-refractivity contribution >= 4 is 11.6 Å². The van der Waals surface area contributed by atoms with Crippen molar-refractivity contribution in [2.24, 2.45) is 5.92 Å². The Morgan fingerprint density at radius 1 is 1.23 bits per heavy atom. The lowest BCUT2D eigenvalue weighted by atomic mass is 9.98. The zero-order valence-electron chi connectivity index (χ0n) is 13.9. The van der Waals surface area contributed by atoms with Crippen LogP contribution in [-0.2, 0) is 4.79 Å². The van der Waals surface area contributed by atoms with Crippen LogP contribution in [0.3, 0.4) is 0 Å². The lowest BCUT2D eigenvalue weighted by Crippen LogP contribution is -3.17. The molecule has 0 spiro atoms. The molecule has 1 amide bonds. The molecule has 1 fully saturated rings. The highest BCUT2D eigenvalue weighted by Crippen LogP contribution is 2.29. The summed E-state index contributed by atoms with van der Waals surface area (Å²) in [5, 5.41) is 2.98. The predicted octanol–water partition coefficient (Wildman–Crippen LogP) is 1.35. The Bertz CT molecular complexity index is 511. The summed E-state index contributed by atoms with van der Waals surface area (Å²) >= 11 is 0. The van der Waals surface area contributed by atoms with Gasteiger partial charge in [0.05, 0.1) is 27.3 Å². The minimum Gasteiger partial charge on any atom is -0.493 e. The summed E-state index contributed by atoms with van der Waals surface area (Å²) in [6, 6.07) is 5.38.